The van der Waals surface area contributed by atoms with Crippen LogP contribution in [0.4, 0.5) is 0 Å². The molecule has 0 bridgehead atoms. The van der Waals surface area contributed by atoms with Crippen LogP contribution in [0.2, 0.25) is 0 Å². The first-order valence-corrected chi connectivity index (χ1v) is 2.60. The fourth-order valence-corrected chi connectivity index (χ4v) is 0.604. The molecule has 0 saturated heterocycles. The third kappa shape index (κ3) is 1.28. The second-order valence-electron chi connectivity index (χ2n) is 1.68. The van der Waals surface area contributed by atoms with Crippen molar-refractivity contribution < 1.29 is 4.74 Å². The third-order valence-corrected chi connectivity index (χ3v) is 1.07. The van der Waals surface area contributed by atoms with E-state index in [1.54, 1.807) is 19.4 Å². The summed E-state index contributed by atoms with van der Waals surface area (Å²) in [6.07, 6.45) is 4.76. The molecule has 0 radical (unpaired) electrons. The normalized spacial score (nSPS) is 25.1. The van der Waals surface area contributed by atoms with Crippen molar-refractivity contribution in [2.75, 3.05) is 7.11 Å². The van der Waals surface area contributed by atoms with Crippen LogP contribution >= 0.6 is 0 Å². The SMILES string of the molecule is COC1C=CN=CN1N. The van der Waals surface area contributed by atoms with Crippen molar-refractivity contribution in [2.24, 2.45) is 10.8 Å². The first kappa shape index (κ1) is 6.25. The third-order valence-electron chi connectivity index (χ3n) is 1.07. The average molecular weight is 127 g/mol. The van der Waals surface area contributed by atoms with Crippen LogP contribution in [0.5, 0.6) is 0 Å². The highest BCUT2D eigenvalue weighted by atomic mass is 16.5. The highest BCUT2D eigenvalue weighted by Gasteiger charge is 2.08. The number of hydrazine groups is 1. The molecule has 1 unspecified atom stereocenters. The summed E-state index contributed by atoms with van der Waals surface area (Å²) in [5, 5.41) is 1.39. The molecule has 0 spiro atoms. The Labute approximate surface area is 53.6 Å². The van der Waals surface area contributed by atoms with E-state index in [1.807, 2.05) is 0 Å². The summed E-state index contributed by atoms with van der Waals surface area (Å²) in [5.41, 5.74) is 0. The van der Waals surface area contributed by atoms with Crippen LogP contribution in [0.15, 0.2) is 17.3 Å². The van der Waals surface area contributed by atoms with E-state index >= 15 is 0 Å². The largest absolute Gasteiger partial charge is 0.356 e. The van der Waals surface area contributed by atoms with Crippen LogP contribution in [0.3, 0.4) is 0 Å². The van der Waals surface area contributed by atoms with Crippen molar-refractivity contribution in [2.45, 2.75) is 6.23 Å². The molecule has 1 atom stereocenters. The molecular formula is C5H9N3O. The van der Waals surface area contributed by atoms with Crippen LogP contribution in [-0.4, -0.2) is 24.7 Å². The monoisotopic (exact) mass is 127 g/mol. The standard InChI is InChI=1S/C5H9N3O/c1-9-5-2-3-7-4-8(5)6/h2-5H,6H2,1H3. The lowest BCUT2D eigenvalue weighted by Gasteiger charge is -2.22. The van der Waals surface area contributed by atoms with E-state index in [-0.39, 0.29) is 6.23 Å². The van der Waals surface area contributed by atoms with E-state index in [1.165, 1.54) is 11.3 Å². The summed E-state index contributed by atoms with van der Waals surface area (Å²) >= 11 is 0. The lowest BCUT2D eigenvalue weighted by Crippen LogP contribution is -2.40. The van der Waals surface area contributed by atoms with Crippen molar-refractivity contribution >= 4 is 6.34 Å². The van der Waals surface area contributed by atoms with E-state index in [4.69, 9.17) is 10.6 Å². The van der Waals surface area contributed by atoms with E-state index in [0.717, 1.165) is 0 Å². The van der Waals surface area contributed by atoms with Crippen LogP contribution in [0.25, 0.3) is 0 Å². The minimum absolute atomic E-state index is 0.164. The number of hydrogen-bond acceptors (Lipinski definition) is 4. The van der Waals surface area contributed by atoms with Gasteiger partial charge in [0, 0.05) is 13.3 Å². The van der Waals surface area contributed by atoms with Crippen LogP contribution in [0.1, 0.15) is 0 Å². The quantitative estimate of drug-likeness (QED) is 0.491. The van der Waals surface area contributed by atoms with Gasteiger partial charge in [0.2, 0.25) is 0 Å². The van der Waals surface area contributed by atoms with E-state index in [9.17, 15) is 0 Å². The van der Waals surface area contributed by atoms with Gasteiger partial charge in [-0.15, -0.1) is 0 Å². The van der Waals surface area contributed by atoms with Gasteiger partial charge in [-0.05, 0) is 6.08 Å². The number of methoxy groups -OCH3 is 1. The van der Waals surface area contributed by atoms with Gasteiger partial charge in [0.25, 0.3) is 0 Å². The maximum Gasteiger partial charge on any atom is 0.165 e. The Morgan fingerprint density at radius 2 is 2.56 bits per heavy atom. The number of aliphatic imine (C=N–C) groups is 1. The second kappa shape index (κ2) is 2.61. The zero-order valence-electron chi connectivity index (χ0n) is 5.19. The molecule has 0 aromatic heterocycles. The van der Waals surface area contributed by atoms with Crippen LogP contribution in [0, 0.1) is 0 Å². The van der Waals surface area contributed by atoms with Crippen LogP contribution < -0.4 is 5.84 Å². The molecule has 0 aliphatic carbocycles. The molecule has 0 aromatic rings. The van der Waals surface area contributed by atoms with Crippen LogP contribution in [-0.2, 0) is 4.74 Å². The van der Waals surface area contributed by atoms with Gasteiger partial charge in [-0.2, -0.15) is 0 Å². The molecule has 0 fully saturated rings. The Hall–Kier alpha value is -0.870. The maximum absolute atomic E-state index is 5.40. The Morgan fingerprint density at radius 1 is 1.78 bits per heavy atom. The summed E-state index contributed by atoms with van der Waals surface area (Å²) in [7, 11) is 1.59. The van der Waals surface area contributed by atoms with Gasteiger partial charge in [-0.3, -0.25) is 5.01 Å². The lowest BCUT2D eigenvalue weighted by atomic mass is 10.5. The van der Waals surface area contributed by atoms with E-state index in [2.05, 4.69) is 4.99 Å². The second-order valence-corrected chi connectivity index (χ2v) is 1.68. The van der Waals surface area contributed by atoms with Gasteiger partial charge in [-0.1, -0.05) is 0 Å². The number of ether oxygens (including phenoxy) is 1. The fraction of sp³-hybridized carbons (Fsp3) is 0.400. The molecule has 0 aromatic carbocycles. The van der Waals surface area contributed by atoms with Gasteiger partial charge in [-0.25, -0.2) is 10.8 Å². The molecule has 50 valence electrons. The van der Waals surface area contributed by atoms with E-state index < -0.39 is 0 Å². The minimum atomic E-state index is -0.164. The molecule has 2 N–H and O–H groups in total. The maximum atomic E-state index is 5.40. The average Bonchev–Trinajstić information content (AvgIpc) is 1.89. The summed E-state index contributed by atoms with van der Waals surface area (Å²) in [4.78, 5) is 3.77. The summed E-state index contributed by atoms with van der Waals surface area (Å²) in [6.45, 7) is 0. The Kier molecular flexibility index (Phi) is 1.81. The molecule has 4 nitrogen and oxygen atoms in total. The number of nitrogens with two attached hydrogens (primary N) is 1. The summed E-state index contributed by atoms with van der Waals surface area (Å²) in [6, 6.07) is 0. The predicted molar refractivity (Wildman–Crippen MR) is 34.5 cm³/mol. The molecule has 1 heterocycles. The predicted octanol–water partition coefficient (Wildman–Crippen LogP) is -0.310. The lowest BCUT2D eigenvalue weighted by molar-refractivity contribution is 0.0459. The smallest absolute Gasteiger partial charge is 0.165 e. The number of hydrogen-bond donors (Lipinski definition) is 1. The molecule has 1 rings (SSSR count). The van der Waals surface area contributed by atoms with Gasteiger partial charge in [0.15, 0.2) is 6.23 Å². The van der Waals surface area contributed by atoms with Gasteiger partial charge in [0.05, 0.1) is 0 Å². The highest BCUT2D eigenvalue weighted by Crippen LogP contribution is 1.98. The molecule has 0 saturated carbocycles. The first-order chi connectivity index (χ1) is 4.34. The van der Waals surface area contributed by atoms with Crippen molar-refractivity contribution in [3.63, 3.8) is 0 Å². The van der Waals surface area contributed by atoms with Crippen molar-refractivity contribution in [1.29, 1.82) is 0 Å². The zero-order chi connectivity index (χ0) is 6.69. The first-order valence-electron chi connectivity index (χ1n) is 2.60. The number of nitrogens with zero attached hydrogens (tertiary/aromatic N) is 2. The Bertz CT molecular complexity index is 143. The zero-order valence-corrected chi connectivity index (χ0v) is 5.19. The van der Waals surface area contributed by atoms with Gasteiger partial charge in [0.1, 0.15) is 6.34 Å². The molecule has 0 amide bonds. The highest BCUT2D eigenvalue weighted by molar-refractivity contribution is 5.56. The minimum Gasteiger partial charge on any atom is -0.356 e. The molecule has 1 aliphatic heterocycles. The fourth-order valence-electron chi connectivity index (χ4n) is 0.604. The number of rotatable bonds is 1. The van der Waals surface area contributed by atoms with Crippen molar-refractivity contribution in [3.05, 3.63) is 12.3 Å². The Balaban J connectivity index is 2.55. The molecular weight excluding hydrogens is 118 g/mol. The summed E-state index contributed by atoms with van der Waals surface area (Å²) in [5.74, 6) is 5.40. The van der Waals surface area contributed by atoms with Gasteiger partial charge < -0.3 is 4.74 Å². The molecule has 1 aliphatic rings. The van der Waals surface area contributed by atoms with Gasteiger partial charge >= 0.3 is 0 Å². The topological polar surface area (TPSA) is 50.8 Å². The molecule has 9 heavy (non-hydrogen) atoms. The summed E-state index contributed by atoms with van der Waals surface area (Å²) < 4.78 is 4.93. The molecule has 4 heteroatoms. The Morgan fingerprint density at radius 3 is 3.00 bits per heavy atom. The van der Waals surface area contributed by atoms with Crippen molar-refractivity contribution in [3.8, 4) is 0 Å². The van der Waals surface area contributed by atoms with Crippen molar-refractivity contribution in [1.82, 2.24) is 5.01 Å². The van der Waals surface area contributed by atoms with E-state index in [0.29, 0.717) is 0 Å².